The summed E-state index contributed by atoms with van der Waals surface area (Å²) >= 11 is 0. The first kappa shape index (κ1) is 17.0. The van der Waals surface area contributed by atoms with Crippen molar-refractivity contribution in [3.05, 3.63) is 42.0 Å². The maximum atomic E-state index is 12.9. The van der Waals surface area contributed by atoms with Crippen LogP contribution in [0.1, 0.15) is 12.0 Å². The van der Waals surface area contributed by atoms with Crippen LogP contribution in [0.25, 0.3) is 0 Å². The zero-order valence-corrected chi connectivity index (χ0v) is 15.1. The van der Waals surface area contributed by atoms with E-state index in [1.807, 2.05) is 6.07 Å². The van der Waals surface area contributed by atoms with Crippen molar-refractivity contribution in [2.24, 2.45) is 0 Å². The van der Waals surface area contributed by atoms with E-state index in [0.29, 0.717) is 36.2 Å². The molecule has 0 unspecified atom stereocenters. The Morgan fingerprint density at radius 2 is 1.54 bits per heavy atom. The maximum absolute atomic E-state index is 12.9. The molecule has 7 nitrogen and oxygen atoms in total. The van der Waals surface area contributed by atoms with Gasteiger partial charge in [-0.3, -0.25) is 0 Å². The summed E-state index contributed by atoms with van der Waals surface area (Å²) in [7, 11) is -2.13. The van der Waals surface area contributed by atoms with E-state index >= 15 is 0 Å². The van der Waals surface area contributed by atoms with Crippen molar-refractivity contribution >= 4 is 10.0 Å². The SMILES string of the molecule is CN(Cc1ccc2c(c1)OCO2)S(=O)(=O)c1ccc2c(c1)OCCCO2. The molecule has 0 saturated heterocycles. The van der Waals surface area contributed by atoms with Gasteiger partial charge in [0.05, 0.1) is 18.1 Å². The number of nitrogens with zero attached hydrogens (tertiary/aromatic N) is 1. The van der Waals surface area contributed by atoms with Crippen LogP contribution < -0.4 is 18.9 Å². The van der Waals surface area contributed by atoms with Crippen molar-refractivity contribution in [1.29, 1.82) is 0 Å². The second kappa shape index (κ2) is 6.69. The average molecular weight is 377 g/mol. The molecule has 0 fully saturated rings. The fourth-order valence-electron chi connectivity index (χ4n) is 2.87. The minimum atomic E-state index is -3.67. The lowest BCUT2D eigenvalue weighted by Crippen LogP contribution is -2.26. The number of sulfonamides is 1. The first-order valence-corrected chi connectivity index (χ1v) is 9.72. The Morgan fingerprint density at radius 1 is 0.885 bits per heavy atom. The fourth-order valence-corrected chi connectivity index (χ4v) is 4.04. The maximum Gasteiger partial charge on any atom is 0.243 e. The number of hydrogen-bond acceptors (Lipinski definition) is 6. The highest BCUT2D eigenvalue weighted by atomic mass is 32.2. The van der Waals surface area contributed by atoms with E-state index < -0.39 is 10.0 Å². The van der Waals surface area contributed by atoms with Crippen molar-refractivity contribution in [2.75, 3.05) is 27.1 Å². The predicted octanol–water partition coefficient (Wildman–Crippen LogP) is 2.40. The van der Waals surface area contributed by atoms with Crippen molar-refractivity contribution in [2.45, 2.75) is 17.9 Å². The molecule has 0 bridgehead atoms. The first-order valence-electron chi connectivity index (χ1n) is 8.28. The third-order valence-corrected chi connectivity index (χ3v) is 6.07. The summed E-state index contributed by atoms with van der Waals surface area (Å²) in [5, 5.41) is 0. The third-order valence-electron chi connectivity index (χ3n) is 4.27. The topological polar surface area (TPSA) is 74.3 Å². The van der Waals surface area contributed by atoms with Gasteiger partial charge in [-0.25, -0.2) is 8.42 Å². The molecule has 2 aromatic carbocycles. The zero-order chi connectivity index (χ0) is 18.1. The van der Waals surface area contributed by atoms with E-state index in [9.17, 15) is 8.42 Å². The Bertz CT molecular complexity index is 927. The summed E-state index contributed by atoms with van der Waals surface area (Å²) in [4.78, 5) is 0.171. The normalized spacial score (nSPS) is 15.8. The molecule has 0 aromatic heterocycles. The number of benzene rings is 2. The van der Waals surface area contributed by atoms with Crippen molar-refractivity contribution < 1.29 is 27.4 Å². The van der Waals surface area contributed by atoms with Gasteiger partial charge in [-0.1, -0.05) is 6.07 Å². The van der Waals surface area contributed by atoms with Crippen LogP contribution in [0, 0.1) is 0 Å². The van der Waals surface area contributed by atoms with Gasteiger partial charge < -0.3 is 18.9 Å². The van der Waals surface area contributed by atoms with Crippen LogP contribution >= 0.6 is 0 Å². The van der Waals surface area contributed by atoms with Gasteiger partial charge in [-0.2, -0.15) is 4.31 Å². The smallest absolute Gasteiger partial charge is 0.243 e. The predicted molar refractivity (Wildman–Crippen MR) is 93.3 cm³/mol. The Labute approximate surface area is 152 Å². The summed E-state index contributed by atoms with van der Waals surface area (Å²) in [6.45, 7) is 1.46. The second-order valence-electron chi connectivity index (χ2n) is 6.11. The molecule has 0 aliphatic carbocycles. The molecule has 26 heavy (non-hydrogen) atoms. The molecule has 2 heterocycles. The molecule has 138 valence electrons. The summed E-state index contributed by atoms with van der Waals surface area (Å²) in [6.07, 6.45) is 0.765. The number of fused-ring (bicyclic) bond motifs is 2. The van der Waals surface area contributed by atoms with Crippen molar-refractivity contribution in [3.63, 3.8) is 0 Å². The lowest BCUT2D eigenvalue weighted by Gasteiger charge is -2.18. The summed E-state index contributed by atoms with van der Waals surface area (Å²) in [5.74, 6) is 2.32. The highest BCUT2D eigenvalue weighted by Gasteiger charge is 2.24. The Kier molecular flexibility index (Phi) is 4.37. The number of ether oxygens (including phenoxy) is 4. The first-order chi connectivity index (χ1) is 12.5. The zero-order valence-electron chi connectivity index (χ0n) is 14.3. The van der Waals surface area contributed by atoms with Gasteiger partial charge in [0.2, 0.25) is 16.8 Å². The Hall–Kier alpha value is -2.45. The summed E-state index contributed by atoms with van der Waals surface area (Å²) in [6, 6.07) is 10.1. The molecular formula is C18H19NO6S. The Morgan fingerprint density at radius 3 is 2.38 bits per heavy atom. The number of rotatable bonds is 4. The molecular weight excluding hydrogens is 358 g/mol. The van der Waals surface area contributed by atoms with Gasteiger partial charge in [0.1, 0.15) is 0 Å². The van der Waals surface area contributed by atoms with Gasteiger partial charge in [0.25, 0.3) is 0 Å². The van der Waals surface area contributed by atoms with Crippen LogP contribution in [-0.4, -0.2) is 39.8 Å². The minimum absolute atomic E-state index is 0.171. The van der Waals surface area contributed by atoms with Crippen LogP contribution in [0.4, 0.5) is 0 Å². The van der Waals surface area contributed by atoms with Crippen LogP contribution in [-0.2, 0) is 16.6 Å². The van der Waals surface area contributed by atoms with E-state index in [1.165, 1.54) is 10.4 Å². The molecule has 2 aliphatic rings. The fraction of sp³-hybridized carbons (Fsp3) is 0.333. The van der Waals surface area contributed by atoms with Gasteiger partial charge in [0.15, 0.2) is 23.0 Å². The summed E-state index contributed by atoms with van der Waals surface area (Å²) < 4.78 is 48.9. The van der Waals surface area contributed by atoms with Crippen molar-refractivity contribution in [1.82, 2.24) is 4.31 Å². The highest BCUT2D eigenvalue weighted by molar-refractivity contribution is 7.89. The molecule has 0 radical (unpaired) electrons. The molecule has 8 heteroatoms. The van der Waals surface area contributed by atoms with E-state index in [0.717, 1.165) is 12.0 Å². The quantitative estimate of drug-likeness (QED) is 0.815. The van der Waals surface area contributed by atoms with Crippen LogP contribution in [0.2, 0.25) is 0 Å². The third kappa shape index (κ3) is 3.17. The van der Waals surface area contributed by atoms with Gasteiger partial charge in [-0.05, 0) is 29.8 Å². The monoisotopic (exact) mass is 377 g/mol. The van der Waals surface area contributed by atoms with E-state index in [-0.39, 0.29) is 18.2 Å². The van der Waals surface area contributed by atoms with Gasteiger partial charge >= 0.3 is 0 Å². The molecule has 2 aliphatic heterocycles. The van der Waals surface area contributed by atoms with E-state index in [2.05, 4.69) is 0 Å². The number of hydrogen-bond donors (Lipinski definition) is 0. The lowest BCUT2D eigenvalue weighted by molar-refractivity contribution is 0.174. The molecule has 0 saturated carbocycles. The van der Waals surface area contributed by atoms with Crippen LogP contribution in [0.15, 0.2) is 41.3 Å². The second-order valence-corrected chi connectivity index (χ2v) is 8.15. The highest BCUT2D eigenvalue weighted by Crippen LogP contribution is 2.34. The largest absolute Gasteiger partial charge is 0.490 e. The summed E-state index contributed by atoms with van der Waals surface area (Å²) in [5.41, 5.74) is 0.815. The van der Waals surface area contributed by atoms with Crippen LogP contribution in [0.3, 0.4) is 0 Å². The molecule has 0 atom stereocenters. The van der Waals surface area contributed by atoms with E-state index in [4.69, 9.17) is 18.9 Å². The lowest BCUT2D eigenvalue weighted by atomic mass is 10.2. The van der Waals surface area contributed by atoms with Gasteiger partial charge in [-0.15, -0.1) is 0 Å². The molecule has 0 amide bonds. The van der Waals surface area contributed by atoms with E-state index in [1.54, 1.807) is 31.3 Å². The van der Waals surface area contributed by atoms with Crippen molar-refractivity contribution in [3.8, 4) is 23.0 Å². The standard InChI is InChI=1S/C18H19NO6S/c1-19(11-13-3-5-16-17(9-13)25-12-24-16)26(20,21)14-4-6-15-18(10-14)23-8-2-7-22-15/h3-6,9-10H,2,7-8,11-12H2,1H3. The molecule has 0 N–H and O–H groups in total. The minimum Gasteiger partial charge on any atom is -0.490 e. The average Bonchev–Trinajstić information content (AvgIpc) is 2.97. The van der Waals surface area contributed by atoms with Crippen LogP contribution in [0.5, 0.6) is 23.0 Å². The molecule has 2 aromatic rings. The molecule has 4 rings (SSSR count). The Balaban J connectivity index is 1.57. The van der Waals surface area contributed by atoms with Gasteiger partial charge in [0, 0.05) is 26.1 Å². The molecule has 0 spiro atoms.